The van der Waals surface area contributed by atoms with E-state index in [2.05, 4.69) is 20.5 Å². The van der Waals surface area contributed by atoms with Crippen LogP contribution in [0.5, 0.6) is 0 Å². The van der Waals surface area contributed by atoms with Gasteiger partial charge in [-0.05, 0) is 12.1 Å². The van der Waals surface area contributed by atoms with Crippen molar-refractivity contribution >= 4 is 5.96 Å². The van der Waals surface area contributed by atoms with Gasteiger partial charge in [0.1, 0.15) is 0 Å². The first kappa shape index (κ1) is 12.8. The number of nitrogens with zero attached hydrogens (tertiary/aromatic N) is 4. The third-order valence-corrected chi connectivity index (χ3v) is 1.71. The minimum atomic E-state index is -0.758. The van der Waals surface area contributed by atoms with Crippen LogP contribution < -0.4 is 16.5 Å². The monoisotopic (exact) mass is 239 g/mol. The largest absolute Gasteiger partial charge is 0.365 e. The van der Waals surface area contributed by atoms with E-state index >= 15 is 0 Å². The Balaban J connectivity index is 2.14. The van der Waals surface area contributed by atoms with E-state index in [0.717, 1.165) is 5.69 Å². The number of aliphatic imine (C=N–C) groups is 1. The van der Waals surface area contributed by atoms with Crippen LogP contribution in [0.15, 0.2) is 23.3 Å². The minimum Gasteiger partial charge on any atom is -0.365 e. The molecule has 9 heteroatoms. The summed E-state index contributed by atoms with van der Waals surface area (Å²) in [7, 11) is 0. The molecule has 0 aromatic carbocycles. The van der Waals surface area contributed by atoms with Crippen molar-refractivity contribution in [2.24, 2.45) is 10.7 Å². The van der Waals surface area contributed by atoms with Crippen molar-refractivity contribution in [3.05, 3.63) is 34.1 Å². The molecule has 0 aliphatic heterocycles. The number of hydrogen-bond donors (Lipinski definition) is 3. The number of hydrogen-bond acceptors (Lipinski definition) is 6. The highest BCUT2D eigenvalue weighted by Crippen LogP contribution is 1.88. The highest BCUT2D eigenvalue weighted by atomic mass is 16.7. The summed E-state index contributed by atoms with van der Waals surface area (Å²) in [5, 5.41) is 19.9. The van der Waals surface area contributed by atoms with Gasteiger partial charge in [0, 0.05) is 19.3 Å². The fourth-order valence-electron chi connectivity index (χ4n) is 1.03. The van der Waals surface area contributed by atoms with Crippen molar-refractivity contribution in [3.63, 3.8) is 0 Å². The molecule has 0 amide bonds. The summed E-state index contributed by atoms with van der Waals surface area (Å²) in [5.41, 5.74) is 7.78. The van der Waals surface area contributed by atoms with Crippen LogP contribution in [0.4, 0.5) is 0 Å². The number of aromatic nitrogens is 2. The average Bonchev–Trinajstić information content (AvgIpc) is 2.29. The molecule has 92 valence electrons. The first-order valence-electron chi connectivity index (χ1n) is 4.87. The van der Waals surface area contributed by atoms with Crippen LogP contribution in [0.25, 0.3) is 0 Å². The molecule has 9 nitrogen and oxygen atoms in total. The summed E-state index contributed by atoms with van der Waals surface area (Å²) in [6.45, 7) is 1.44. The second-order valence-electron chi connectivity index (χ2n) is 3.03. The van der Waals surface area contributed by atoms with Gasteiger partial charge in [0.05, 0.1) is 12.2 Å². The van der Waals surface area contributed by atoms with Gasteiger partial charge in [-0.2, -0.15) is 10.2 Å². The van der Waals surface area contributed by atoms with Crippen molar-refractivity contribution in [2.75, 3.05) is 13.1 Å². The molecule has 0 fully saturated rings. The molecule has 0 saturated carbocycles. The maximum atomic E-state index is 9.99. The maximum absolute atomic E-state index is 9.99. The molecule has 1 heterocycles. The van der Waals surface area contributed by atoms with Gasteiger partial charge in [-0.3, -0.25) is 0 Å². The molecule has 0 spiro atoms. The van der Waals surface area contributed by atoms with Crippen LogP contribution in [0.1, 0.15) is 5.69 Å². The smallest absolute Gasteiger partial charge is 0.251 e. The first-order valence-corrected chi connectivity index (χ1v) is 4.87. The fraction of sp³-hybridized carbons (Fsp3) is 0.375. The molecule has 0 atom stereocenters. The van der Waals surface area contributed by atoms with Crippen molar-refractivity contribution in [3.8, 4) is 0 Å². The quantitative estimate of drug-likeness (QED) is 0.184. The van der Waals surface area contributed by atoms with Gasteiger partial charge in [-0.15, -0.1) is 0 Å². The lowest BCUT2D eigenvalue weighted by Crippen LogP contribution is -2.36. The summed E-state index contributed by atoms with van der Waals surface area (Å²) in [6, 6.07) is 3.63. The van der Waals surface area contributed by atoms with Crippen molar-refractivity contribution in [1.29, 1.82) is 0 Å². The van der Waals surface area contributed by atoms with E-state index in [1.54, 1.807) is 17.7 Å². The summed E-state index contributed by atoms with van der Waals surface area (Å²) in [4.78, 5) is 13.7. The predicted octanol–water partition coefficient (Wildman–Crippen LogP) is -1.34. The standard InChI is InChI=1S/C8H13N7O2/c9-8(14-15(16)17)11-5-4-10-6-7-2-1-3-12-13-7/h1-3,10H,4-6H2,(H3,9,11,14). The average molecular weight is 239 g/mol. The number of nitro groups is 1. The van der Waals surface area contributed by atoms with Crippen molar-refractivity contribution < 1.29 is 5.03 Å². The molecule has 0 unspecified atom stereocenters. The number of nitrogens with two attached hydrogens (primary N) is 1. The first-order chi connectivity index (χ1) is 8.18. The van der Waals surface area contributed by atoms with Crippen LogP contribution in [-0.2, 0) is 6.54 Å². The molecular weight excluding hydrogens is 226 g/mol. The Morgan fingerprint density at radius 3 is 3.12 bits per heavy atom. The number of hydrazine groups is 1. The van der Waals surface area contributed by atoms with Crippen molar-refractivity contribution in [1.82, 2.24) is 20.9 Å². The lowest BCUT2D eigenvalue weighted by Gasteiger charge is -2.01. The molecule has 0 aliphatic rings. The van der Waals surface area contributed by atoms with E-state index < -0.39 is 5.03 Å². The Bertz CT molecular complexity index is 381. The highest BCUT2D eigenvalue weighted by molar-refractivity contribution is 5.76. The number of nitrogens with one attached hydrogen (secondary N) is 2. The van der Waals surface area contributed by atoms with Crippen LogP contribution >= 0.6 is 0 Å². The van der Waals surface area contributed by atoms with Gasteiger partial charge in [-0.25, -0.2) is 15.1 Å². The van der Waals surface area contributed by atoms with Gasteiger partial charge in [-0.1, -0.05) is 5.43 Å². The zero-order chi connectivity index (χ0) is 12.5. The molecule has 4 N–H and O–H groups in total. The normalized spacial score (nSPS) is 11.2. The lowest BCUT2D eigenvalue weighted by atomic mass is 10.4. The Morgan fingerprint density at radius 1 is 1.65 bits per heavy atom. The fourth-order valence-corrected chi connectivity index (χ4v) is 1.03. The number of rotatable bonds is 6. The predicted molar refractivity (Wildman–Crippen MR) is 60.4 cm³/mol. The maximum Gasteiger partial charge on any atom is 0.251 e. The molecule has 1 rings (SSSR count). The van der Waals surface area contributed by atoms with E-state index in [0.29, 0.717) is 19.6 Å². The molecular formula is C8H13N7O2. The minimum absolute atomic E-state index is 0.212. The van der Waals surface area contributed by atoms with Gasteiger partial charge in [0.25, 0.3) is 5.96 Å². The summed E-state index contributed by atoms with van der Waals surface area (Å²) < 4.78 is 0. The molecule has 0 radical (unpaired) electrons. The van der Waals surface area contributed by atoms with Gasteiger partial charge < -0.3 is 11.1 Å². The molecule has 1 aromatic heterocycles. The second-order valence-corrected chi connectivity index (χ2v) is 3.03. The number of guanidine groups is 1. The van der Waals surface area contributed by atoms with Gasteiger partial charge >= 0.3 is 0 Å². The summed E-state index contributed by atoms with van der Waals surface area (Å²) in [5.74, 6) is -0.212. The molecule has 0 saturated heterocycles. The van der Waals surface area contributed by atoms with E-state index in [1.807, 2.05) is 6.07 Å². The van der Waals surface area contributed by atoms with Crippen LogP contribution in [0.2, 0.25) is 0 Å². The zero-order valence-corrected chi connectivity index (χ0v) is 9.04. The Hall–Kier alpha value is -2.29. The molecule has 0 bridgehead atoms. The van der Waals surface area contributed by atoms with E-state index in [9.17, 15) is 10.1 Å². The van der Waals surface area contributed by atoms with Gasteiger partial charge in [0.2, 0.25) is 0 Å². The molecule has 1 aromatic rings. The Morgan fingerprint density at radius 2 is 2.47 bits per heavy atom. The van der Waals surface area contributed by atoms with Crippen LogP contribution in [-0.4, -0.2) is 34.3 Å². The van der Waals surface area contributed by atoms with Gasteiger partial charge in [0.15, 0.2) is 5.03 Å². The topological polar surface area (TPSA) is 131 Å². The van der Waals surface area contributed by atoms with E-state index in [4.69, 9.17) is 5.73 Å². The van der Waals surface area contributed by atoms with E-state index in [-0.39, 0.29) is 5.96 Å². The molecule has 0 aliphatic carbocycles. The Labute approximate surface area is 97.3 Å². The second kappa shape index (κ2) is 7.06. The van der Waals surface area contributed by atoms with Crippen LogP contribution in [0.3, 0.4) is 0 Å². The Kier molecular flexibility index (Phi) is 5.31. The van der Waals surface area contributed by atoms with Crippen LogP contribution in [0, 0.1) is 10.1 Å². The molecule has 17 heavy (non-hydrogen) atoms. The zero-order valence-electron chi connectivity index (χ0n) is 9.04. The summed E-state index contributed by atoms with van der Waals surface area (Å²) in [6.07, 6.45) is 1.60. The third kappa shape index (κ3) is 5.99. The van der Waals surface area contributed by atoms with Crippen molar-refractivity contribution in [2.45, 2.75) is 6.54 Å². The third-order valence-electron chi connectivity index (χ3n) is 1.71. The highest BCUT2D eigenvalue weighted by Gasteiger charge is 1.97. The summed E-state index contributed by atoms with van der Waals surface area (Å²) >= 11 is 0. The lowest BCUT2D eigenvalue weighted by molar-refractivity contribution is -0.525. The van der Waals surface area contributed by atoms with E-state index in [1.165, 1.54) is 0 Å². The SMILES string of the molecule is NC(=NCCNCc1cccnn1)N[N+](=O)[O-].